The van der Waals surface area contributed by atoms with Crippen LogP contribution in [0.25, 0.3) is 0 Å². The first-order valence-corrected chi connectivity index (χ1v) is 6.53. The predicted molar refractivity (Wildman–Crippen MR) is 62.3 cm³/mol. The van der Waals surface area contributed by atoms with Crippen LogP contribution >= 0.6 is 0 Å². The van der Waals surface area contributed by atoms with Crippen LogP contribution in [0, 0.1) is 5.92 Å². The Kier molecular flexibility index (Phi) is 2.78. The average Bonchev–Trinajstić information content (AvgIpc) is 2.90. The van der Waals surface area contributed by atoms with Crippen molar-refractivity contribution >= 4 is 11.8 Å². The van der Waals surface area contributed by atoms with Crippen LogP contribution < -0.4 is 10.6 Å². The van der Waals surface area contributed by atoms with Gasteiger partial charge in [-0.1, -0.05) is 0 Å². The molecule has 17 heavy (non-hydrogen) atoms. The van der Waals surface area contributed by atoms with Gasteiger partial charge in [-0.25, -0.2) is 0 Å². The Morgan fingerprint density at radius 2 is 2.18 bits per heavy atom. The highest BCUT2D eigenvalue weighted by Gasteiger charge is 2.36. The number of hydrogen-bond acceptors (Lipinski definition) is 3. The van der Waals surface area contributed by atoms with Crippen molar-refractivity contribution in [1.82, 2.24) is 15.5 Å². The molecule has 3 aliphatic rings. The molecule has 0 radical (unpaired) electrons. The van der Waals surface area contributed by atoms with Crippen molar-refractivity contribution in [3.05, 3.63) is 0 Å². The molecule has 5 heteroatoms. The molecule has 0 aromatic carbocycles. The lowest BCUT2D eigenvalue weighted by atomic mass is 10.1. The van der Waals surface area contributed by atoms with Crippen LogP contribution in [0.15, 0.2) is 0 Å². The zero-order chi connectivity index (χ0) is 11.8. The van der Waals surface area contributed by atoms with Crippen LogP contribution in [-0.4, -0.2) is 48.4 Å². The van der Waals surface area contributed by atoms with Gasteiger partial charge in [0.15, 0.2) is 0 Å². The lowest BCUT2D eigenvalue weighted by Crippen LogP contribution is -2.41. The Bertz CT molecular complexity index is 341. The molecule has 0 aromatic rings. The molecule has 2 saturated heterocycles. The summed E-state index contributed by atoms with van der Waals surface area (Å²) in [6.07, 6.45) is 4.05. The van der Waals surface area contributed by atoms with Gasteiger partial charge in [0.05, 0.1) is 5.92 Å². The summed E-state index contributed by atoms with van der Waals surface area (Å²) in [6.45, 7) is 2.60. The number of likely N-dealkylation sites (tertiary alicyclic amines) is 1. The van der Waals surface area contributed by atoms with E-state index in [1.54, 1.807) is 0 Å². The highest BCUT2D eigenvalue weighted by Crippen LogP contribution is 2.29. The van der Waals surface area contributed by atoms with E-state index in [9.17, 15) is 9.59 Å². The number of carbonyl (C=O) groups excluding carboxylic acids is 2. The minimum Gasteiger partial charge on any atom is -0.355 e. The molecule has 3 fully saturated rings. The minimum absolute atomic E-state index is 0.00354. The third-order valence-electron chi connectivity index (χ3n) is 3.98. The SMILES string of the molecule is O=C1CC(C(=O)NC2CCN(C3CC3)C2)CN1. The molecule has 0 spiro atoms. The Balaban J connectivity index is 1.47. The van der Waals surface area contributed by atoms with Crippen LogP contribution in [0.1, 0.15) is 25.7 Å². The molecule has 94 valence electrons. The number of hydrogen-bond donors (Lipinski definition) is 2. The van der Waals surface area contributed by atoms with Crippen LogP contribution in [0.3, 0.4) is 0 Å². The monoisotopic (exact) mass is 237 g/mol. The normalized spacial score (nSPS) is 33.8. The quantitative estimate of drug-likeness (QED) is 0.694. The summed E-state index contributed by atoms with van der Waals surface area (Å²) < 4.78 is 0. The fraction of sp³-hybridized carbons (Fsp3) is 0.833. The predicted octanol–water partition coefficient (Wildman–Crippen LogP) is -0.525. The van der Waals surface area contributed by atoms with Gasteiger partial charge >= 0.3 is 0 Å². The van der Waals surface area contributed by atoms with E-state index >= 15 is 0 Å². The average molecular weight is 237 g/mol. The molecule has 2 heterocycles. The van der Waals surface area contributed by atoms with Gasteiger partial charge in [0.2, 0.25) is 11.8 Å². The zero-order valence-corrected chi connectivity index (χ0v) is 9.95. The summed E-state index contributed by atoms with van der Waals surface area (Å²) in [5.41, 5.74) is 0. The Morgan fingerprint density at radius 1 is 1.35 bits per heavy atom. The Hall–Kier alpha value is -1.10. The standard InChI is InChI=1S/C12H19N3O2/c16-11-5-8(6-13-11)12(17)14-9-3-4-15(7-9)10-1-2-10/h8-10H,1-7H2,(H,13,16)(H,14,17). The molecular weight excluding hydrogens is 218 g/mol. The van der Waals surface area contributed by atoms with Crippen molar-refractivity contribution in [3.63, 3.8) is 0 Å². The van der Waals surface area contributed by atoms with E-state index in [4.69, 9.17) is 0 Å². The van der Waals surface area contributed by atoms with E-state index in [1.807, 2.05) is 0 Å². The minimum atomic E-state index is -0.155. The van der Waals surface area contributed by atoms with Gasteiger partial charge in [0, 0.05) is 38.1 Å². The second-order valence-electron chi connectivity index (χ2n) is 5.43. The molecule has 3 rings (SSSR count). The summed E-state index contributed by atoms with van der Waals surface area (Å²) in [6, 6.07) is 1.07. The molecule has 2 unspecified atom stereocenters. The van der Waals surface area contributed by atoms with E-state index in [2.05, 4.69) is 15.5 Å². The molecule has 1 aliphatic carbocycles. The van der Waals surface area contributed by atoms with Crippen molar-refractivity contribution in [1.29, 1.82) is 0 Å². The molecule has 5 nitrogen and oxygen atoms in total. The van der Waals surface area contributed by atoms with E-state index in [0.29, 0.717) is 19.0 Å². The molecule has 0 aromatic heterocycles. The molecule has 0 bridgehead atoms. The van der Waals surface area contributed by atoms with Gasteiger partial charge in [-0.2, -0.15) is 0 Å². The summed E-state index contributed by atoms with van der Waals surface area (Å²) >= 11 is 0. The van der Waals surface area contributed by atoms with Crippen LogP contribution in [0.4, 0.5) is 0 Å². The van der Waals surface area contributed by atoms with Gasteiger partial charge in [-0.3, -0.25) is 14.5 Å². The second kappa shape index (κ2) is 4.29. The lowest BCUT2D eigenvalue weighted by molar-refractivity contribution is -0.127. The lowest BCUT2D eigenvalue weighted by Gasteiger charge is -2.17. The highest BCUT2D eigenvalue weighted by atomic mass is 16.2. The first-order chi connectivity index (χ1) is 8.22. The largest absolute Gasteiger partial charge is 0.355 e. The maximum atomic E-state index is 11.9. The smallest absolute Gasteiger partial charge is 0.225 e. The van der Waals surface area contributed by atoms with Crippen molar-refractivity contribution in [2.75, 3.05) is 19.6 Å². The summed E-state index contributed by atoms with van der Waals surface area (Å²) in [4.78, 5) is 25.4. The number of nitrogens with zero attached hydrogens (tertiary/aromatic N) is 1. The maximum Gasteiger partial charge on any atom is 0.225 e. The third-order valence-corrected chi connectivity index (χ3v) is 3.98. The van der Waals surface area contributed by atoms with E-state index in [1.165, 1.54) is 12.8 Å². The van der Waals surface area contributed by atoms with Crippen molar-refractivity contribution in [2.45, 2.75) is 37.8 Å². The molecule has 2 atom stereocenters. The third kappa shape index (κ3) is 2.44. The first-order valence-electron chi connectivity index (χ1n) is 6.53. The molecule has 2 N–H and O–H groups in total. The fourth-order valence-electron chi connectivity index (χ4n) is 2.79. The molecule has 1 saturated carbocycles. The summed E-state index contributed by atoms with van der Waals surface area (Å²) in [5.74, 6) is -0.111. The zero-order valence-electron chi connectivity index (χ0n) is 9.95. The molecular formula is C12H19N3O2. The van der Waals surface area contributed by atoms with E-state index < -0.39 is 0 Å². The number of nitrogens with one attached hydrogen (secondary N) is 2. The number of carbonyl (C=O) groups is 2. The fourth-order valence-corrected chi connectivity index (χ4v) is 2.79. The Morgan fingerprint density at radius 3 is 2.82 bits per heavy atom. The molecule has 2 amide bonds. The van der Waals surface area contributed by atoms with Gasteiger partial charge < -0.3 is 10.6 Å². The van der Waals surface area contributed by atoms with E-state index in [-0.39, 0.29) is 17.7 Å². The van der Waals surface area contributed by atoms with E-state index in [0.717, 1.165) is 25.6 Å². The van der Waals surface area contributed by atoms with Crippen molar-refractivity contribution in [3.8, 4) is 0 Å². The highest BCUT2D eigenvalue weighted by molar-refractivity contribution is 5.89. The van der Waals surface area contributed by atoms with Gasteiger partial charge in [-0.05, 0) is 19.3 Å². The summed E-state index contributed by atoms with van der Waals surface area (Å²) in [5, 5.41) is 5.78. The van der Waals surface area contributed by atoms with Crippen LogP contribution in [0.2, 0.25) is 0 Å². The topological polar surface area (TPSA) is 61.4 Å². The maximum absolute atomic E-state index is 11.9. The second-order valence-corrected chi connectivity index (χ2v) is 5.43. The Labute approximate surface area is 101 Å². The van der Waals surface area contributed by atoms with Gasteiger partial charge in [0.1, 0.15) is 0 Å². The first kappa shape index (κ1) is 11.0. The number of amides is 2. The van der Waals surface area contributed by atoms with Crippen molar-refractivity contribution < 1.29 is 9.59 Å². The van der Waals surface area contributed by atoms with Gasteiger partial charge in [0.25, 0.3) is 0 Å². The summed E-state index contributed by atoms with van der Waals surface area (Å²) in [7, 11) is 0. The molecule has 2 aliphatic heterocycles. The van der Waals surface area contributed by atoms with Crippen LogP contribution in [-0.2, 0) is 9.59 Å². The van der Waals surface area contributed by atoms with Crippen LogP contribution in [0.5, 0.6) is 0 Å². The number of rotatable bonds is 3. The van der Waals surface area contributed by atoms with Gasteiger partial charge in [-0.15, -0.1) is 0 Å². The van der Waals surface area contributed by atoms with Crippen molar-refractivity contribution in [2.24, 2.45) is 5.92 Å².